The van der Waals surface area contributed by atoms with E-state index >= 15 is 0 Å². The van der Waals surface area contributed by atoms with Gasteiger partial charge in [-0.15, -0.1) is 0 Å². The van der Waals surface area contributed by atoms with Gasteiger partial charge in [0.25, 0.3) is 0 Å². The summed E-state index contributed by atoms with van der Waals surface area (Å²) < 4.78 is 37.6. The summed E-state index contributed by atoms with van der Waals surface area (Å²) in [4.78, 5) is 12.2. The fourth-order valence-electron chi connectivity index (χ4n) is 2.75. The normalized spacial score (nSPS) is 11.1. The van der Waals surface area contributed by atoms with Gasteiger partial charge in [-0.1, -0.05) is 61.5 Å². The maximum absolute atomic E-state index is 13.2. The molecule has 6 heteroatoms. The van der Waals surface area contributed by atoms with E-state index < -0.39 is 15.8 Å². The molecule has 0 heterocycles. The Kier molecular flexibility index (Phi) is 6.67. The van der Waals surface area contributed by atoms with E-state index in [1.54, 1.807) is 30.3 Å². The van der Waals surface area contributed by atoms with Gasteiger partial charge >= 0.3 is 5.97 Å². The average Bonchev–Trinajstić information content (AvgIpc) is 2.74. The Hall–Kier alpha value is -3.12. The number of esters is 1. The van der Waals surface area contributed by atoms with E-state index in [0.29, 0.717) is 6.42 Å². The molecule has 0 amide bonds. The highest BCUT2D eigenvalue weighted by molar-refractivity contribution is 7.91. The molecule has 5 nitrogen and oxygen atoms in total. The molecule has 0 radical (unpaired) electrons. The molecule has 0 N–H and O–H groups in total. The van der Waals surface area contributed by atoms with Crippen molar-refractivity contribution in [2.45, 2.75) is 36.2 Å². The number of carbonyl (C=O) groups is 1. The Morgan fingerprint density at radius 1 is 0.862 bits per heavy atom. The number of carbonyl (C=O) groups excluding carboxylic acids is 1. The van der Waals surface area contributed by atoms with Crippen LogP contribution < -0.4 is 9.47 Å². The molecule has 0 spiro atoms. The summed E-state index contributed by atoms with van der Waals surface area (Å²) in [6.45, 7) is 2.06. The van der Waals surface area contributed by atoms with Gasteiger partial charge in [0.2, 0.25) is 9.84 Å². The lowest BCUT2D eigenvalue weighted by Gasteiger charge is -2.16. The second-order valence-corrected chi connectivity index (χ2v) is 8.32. The molecule has 0 atom stereocenters. The van der Waals surface area contributed by atoms with E-state index in [-0.39, 0.29) is 34.3 Å². The van der Waals surface area contributed by atoms with Gasteiger partial charge < -0.3 is 9.47 Å². The zero-order valence-corrected chi connectivity index (χ0v) is 16.9. The standard InChI is InChI=1S/C23H22O5S/c1-2-10-22(24)28-23-20(27-17-18-11-5-3-6-12-18)15-9-16-21(23)29(25,26)19-13-7-4-8-14-19/h3-9,11-16H,2,10,17H2,1H3. The molecular formula is C23H22O5S. The molecule has 0 unspecified atom stereocenters. The zero-order valence-electron chi connectivity index (χ0n) is 16.1. The first-order valence-electron chi connectivity index (χ1n) is 9.33. The molecular weight excluding hydrogens is 388 g/mol. The molecule has 3 aromatic rings. The minimum Gasteiger partial charge on any atom is -0.485 e. The maximum Gasteiger partial charge on any atom is 0.311 e. The van der Waals surface area contributed by atoms with E-state index in [9.17, 15) is 13.2 Å². The van der Waals surface area contributed by atoms with Crippen LogP contribution in [0.25, 0.3) is 0 Å². The highest BCUT2D eigenvalue weighted by Crippen LogP contribution is 2.38. The lowest BCUT2D eigenvalue weighted by molar-refractivity contribution is -0.134. The Bertz CT molecular complexity index is 1060. The second-order valence-electron chi connectivity index (χ2n) is 6.40. The van der Waals surface area contributed by atoms with Gasteiger partial charge in [0.1, 0.15) is 11.5 Å². The number of hydrogen-bond acceptors (Lipinski definition) is 5. The van der Waals surface area contributed by atoms with Crippen molar-refractivity contribution in [3.63, 3.8) is 0 Å². The average molecular weight is 410 g/mol. The molecule has 3 aromatic carbocycles. The summed E-state index contributed by atoms with van der Waals surface area (Å²) in [5, 5.41) is 0. The van der Waals surface area contributed by atoms with Gasteiger partial charge in [0, 0.05) is 6.42 Å². The van der Waals surface area contributed by atoms with Crippen LogP contribution in [0.2, 0.25) is 0 Å². The Labute approximate surface area is 170 Å². The van der Waals surface area contributed by atoms with Gasteiger partial charge in [-0.25, -0.2) is 8.42 Å². The summed E-state index contributed by atoms with van der Waals surface area (Å²) >= 11 is 0. The summed E-state index contributed by atoms with van der Waals surface area (Å²) in [7, 11) is -3.89. The third kappa shape index (κ3) is 5.03. The van der Waals surface area contributed by atoms with Crippen LogP contribution in [-0.2, 0) is 21.2 Å². The number of sulfone groups is 1. The predicted molar refractivity (Wildman–Crippen MR) is 110 cm³/mol. The number of benzene rings is 3. The third-order valence-corrected chi connectivity index (χ3v) is 5.99. The molecule has 0 aliphatic carbocycles. The van der Waals surface area contributed by atoms with Crippen molar-refractivity contribution in [3.8, 4) is 11.5 Å². The molecule has 0 bridgehead atoms. The first-order chi connectivity index (χ1) is 14.0. The van der Waals surface area contributed by atoms with Crippen molar-refractivity contribution in [2.75, 3.05) is 0 Å². The first kappa shape index (κ1) is 20.6. The summed E-state index contributed by atoms with van der Waals surface area (Å²) in [5.74, 6) is -0.381. The molecule has 0 saturated heterocycles. The van der Waals surface area contributed by atoms with Crippen LogP contribution in [0.3, 0.4) is 0 Å². The van der Waals surface area contributed by atoms with Crippen molar-refractivity contribution in [2.24, 2.45) is 0 Å². The topological polar surface area (TPSA) is 69.7 Å². The Balaban J connectivity index is 2.02. The minimum absolute atomic E-state index is 0.0780. The second kappa shape index (κ2) is 9.39. The summed E-state index contributed by atoms with van der Waals surface area (Å²) in [6, 6.07) is 22.1. The van der Waals surface area contributed by atoms with E-state index in [0.717, 1.165) is 5.56 Å². The number of para-hydroxylation sites is 1. The number of rotatable bonds is 8. The van der Waals surface area contributed by atoms with Crippen LogP contribution >= 0.6 is 0 Å². The van der Waals surface area contributed by atoms with Crippen LogP contribution in [-0.4, -0.2) is 14.4 Å². The van der Waals surface area contributed by atoms with Crippen LogP contribution in [0, 0.1) is 0 Å². The first-order valence-corrected chi connectivity index (χ1v) is 10.8. The molecule has 0 aliphatic rings. The Morgan fingerprint density at radius 2 is 1.52 bits per heavy atom. The zero-order chi connectivity index (χ0) is 20.7. The smallest absolute Gasteiger partial charge is 0.311 e. The van der Waals surface area contributed by atoms with Crippen LogP contribution in [0.1, 0.15) is 25.3 Å². The van der Waals surface area contributed by atoms with Crippen molar-refractivity contribution in [1.82, 2.24) is 0 Å². The van der Waals surface area contributed by atoms with Crippen LogP contribution in [0.4, 0.5) is 0 Å². The molecule has 150 valence electrons. The fourth-order valence-corrected chi connectivity index (χ4v) is 4.17. The van der Waals surface area contributed by atoms with Gasteiger partial charge in [-0.2, -0.15) is 0 Å². The summed E-state index contributed by atoms with van der Waals surface area (Å²) in [5.41, 5.74) is 0.912. The highest BCUT2D eigenvalue weighted by atomic mass is 32.2. The monoisotopic (exact) mass is 410 g/mol. The van der Waals surface area contributed by atoms with Crippen LogP contribution in [0.15, 0.2) is 88.7 Å². The predicted octanol–water partition coefficient (Wildman–Crippen LogP) is 4.80. The van der Waals surface area contributed by atoms with E-state index in [1.807, 2.05) is 37.3 Å². The highest BCUT2D eigenvalue weighted by Gasteiger charge is 2.26. The molecule has 29 heavy (non-hydrogen) atoms. The maximum atomic E-state index is 13.2. The van der Waals surface area contributed by atoms with Crippen molar-refractivity contribution < 1.29 is 22.7 Å². The van der Waals surface area contributed by atoms with Crippen LogP contribution in [0.5, 0.6) is 11.5 Å². The van der Waals surface area contributed by atoms with Gasteiger partial charge in [0.05, 0.1) is 4.90 Å². The minimum atomic E-state index is -3.89. The fraction of sp³-hybridized carbons (Fsp3) is 0.174. The van der Waals surface area contributed by atoms with E-state index in [1.165, 1.54) is 18.2 Å². The molecule has 3 rings (SSSR count). The number of hydrogen-bond donors (Lipinski definition) is 0. The largest absolute Gasteiger partial charge is 0.485 e. The van der Waals surface area contributed by atoms with Crippen molar-refractivity contribution >= 4 is 15.8 Å². The van der Waals surface area contributed by atoms with Gasteiger partial charge in [-0.05, 0) is 36.2 Å². The number of ether oxygens (including phenoxy) is 2. The molecule has 0 aliphatic heterocycles. The molecule has 0 aromatic heterocycles. The van der Waals surface area contributed by atoms with Gasteiger partial charge in [-0.3, -0.25) is 4.79 Å². The molecule has 0 fully saturated rings. The van der Waals surface area contributed by atoms with E-state index in [2.05, 4.69) is 0 Å². The summed E-state index contributed by atoms with van der Waals surface area (Å²) in [6.07, 6.45) is 0.768. The quantitative estimate of drug-likeness (QED) is 0.394. The third-order valence-electron chi connectivity index (χ3n) is 4.19. The van der Waals surface area contributed by atoms with Gasteiger partial charge in [0.15, 0.2) is 11.5 Å². The van der Waals surface area contributed by atoms with Crippen molar-refractivity contribution in [1.29, 1.82) is 0 Å². The lowest BCUT2D eigenvalue weighted by atomic mass is 10.2. The van der Waals surface area contributed by atoms with E-state index in [4.69, 9.17) is 9.47 Å². The Morgan fingerprint density at radius 3 is 2.17 bits per heavy atom. The van der Waals surface area contributed by atoms with Crippen molar-refractivity contribution in [3.05, 3.63) is 84.4 Å². The SMILES string of the molecule is CCCC(=O)Oc1c(OCc2ccccc2)cccc1S(=O)(=O)c1ccccc1. The molecule has 0 saturated carbocycles. The lowest BCUT2D eigenvalue weighted by Crippen LogP contribution is -2.12.